The lowest BCUT2D eigenvalue weighted by molar-refractivity contribution is 0.0303. The SMILES string of the molecule is O=C(c1ccc(CC2CCN(C(=O)c3ccc4nc[nH]c4c3)CC2)cc1)N1CCOCC1. The van der Waals surface area contributed by atoms with Crippen LogP contribution < -0.4 is 0 Å². The summed E-state index contributed by atoms with van der Waals surface area (Å²) in [6.07, 6.45) is 4.61. The number of carbonyl (C=O) groups excluding carboxylic acids is 2. The van der Waals surface area contributed by atoms with Gasteiger partial charge in [0.2, 0.25) is 0 Å². The second-order valence-electron chi connectivity index (χ2n) is 8.68. The molecule has 2 saturated heterocycles. The Balaban J connectivity index is 1.14. The van der Waals surface area contributed by atoms with Gasteiger partial charge in [0.05, 0.1) is 30.6 Å². The molecule has 2 aliphatic heterocycles. The lowest BCUT2D eigenvalue weighted by Crippen LogP contribution is -2.40. The van der Waals surface area contributed by atoms with Gasteiger partial charge in [-0.3, -0.25) is 9.59 Å². The summed E-state index contributed by atoms with van der Waals surface area (Å²) in [6, 6.07) is 13.7. The van der Waals surface area contributed by atoms with Gasteiger partial charge in [-0.2, -0.15) is 0 Å². The molecule has 5 rings (SSSR count). The first-order chi connectivity index (χ1) is 15.7. The van der Waals surface area contributed by atoms with E-state index in [4.69, 9.17) is 4.74 Å². The van der Waals surface area contributed by atoms with Gasteiger partial charge in [0.15, 0.2) is 0 Å². The van der Waals surface area contributed by atoms with Crippen LogP contribution in [0.3, 0.4) is 0 Å². The summed E-state index contributed by atoms with van der Waals surface area (Å²) < 4.78 is 5.33. The molecule has 3 heterocycles. The average Bonchev–Trinajstić information content (AvgIpc) is 3.33. The van der Waals surface area contributed by atoms with E-state index < -0.39 is 0 Å². The van der Waals surface area contributed by atoms with Crippen molar-refractivity contribution in [3.05, 3.63) is 65.5 Å². The quantitative estimate of drug-likeness (QED) is 0.687. The Labute approximate surface area is 187 Å². The Morgan fingerprint density at radius 2 is 1.56 bits per heavy atom. The zero-order valence-corrected chi connectivity index (χ0v) is 18.1. The highest BCUT2D eigenvalue weighted by molar-refractivity contribution is 5.97. The third kappa shape index (κ3) is 4.39. The Morgan fingerprint density at radius 3 is 2.31 bits per heavy atom. The molecule has 2 aromatic carbocycles. The summed E-state index contributed by atoms with van der Waals surface area (Å²) in [5, 5.41) is 0. The van der Waals surface area contributed by atoms with Crippen molar-refractivity contribution in [1.29, 1.82) is 0 Å². The van der Waals surface area contributed by atoms with Crippen LogP contribution >= 0.6 is 0 Å². The number of H-pyrrole nitrogens is 1. The highest BCUT2D eigenvalue weighted by atomic mass is 16.5. The van der Waals surface area contributed by atoms with Gasteiger partial charge in [-0.25, -0.2) is 4.98 Å². The molecule has 0 atom stereocenters. The molecule has 7 heteroatoms. The molecule has 1 aromatic heterocycles. The average molecular weight is 433 g/mol. The first kappa shape index (κ1) is 20.7. The fourth-order valence-electron chi connectivity index (χ4n) is 4.66. The molecule has 3 aromatic rings. The van der Waals surface area contributed by atoms with E-state index >= 15 is 0 Å². The van der Waals surface area contributed by atoms with Gasteiger partial charge in [-0.15, -0.1) is 0 Å². The van der Waals surface area contributed by atoms with Crippen LogP contribution in [0.15, 0.2) is 48.8 Å². The minimum Gasteiger partial charge on any atom is -0.378 e. The van der Waals surface area contributed by atoms with Crippen molar-refractivity contribution >= 4 is 22.8 Å². The number of carbonyl (C=O) groups is 2. The number of morpholine rings is 1. The monoisotopic (exact) mass is 432 g/mol. The number of likely N-dealkylation sites (tertiary alicyclic amines) is 1. The largest absolute Gasteiger partial charge is 0.378 e. The second kappa shape index (κ2) is 9.12. The minimum atomic E-state index is 0.0833. The molecule has 0 saturated carbocycles. The molecular weight excluding hydrogens is 404 g/mol. The maximum absolute atomic E-state index is 12.9. The number of nitrogens with zero attached hydrogens (tertiary/aromatic N) is 3. The molecule has 2 aliphatic rings. The minimum absolute atomic E-state index is 0.0833. The lowest BCUT2D eigenvalue weighted by Gasteiger charge is -2.32. The van der Waals surface area contributed by atoms with Crippen LogP contribution in [0, 0.1) is 5.92 Å². The molecule has 0 spiro atoms. The van der Waals surface area contributed by atoms with E-state index in [1.54, 1.807) is 6.33 Å². The third-order valence-electron chi connectivity index (χ3n) is 6.59. The fraction of sp³-hybridized carbons (Fsp3) is 0.400. The van der Waals surface area contributed by atoms with E-state index in [2.05, 4.69) is 22.1 Å². The molecule has 166 valence electrons. The van der Waals surface area contributed by atoms with E-state index in [1.165, 1.54) is 5.56 Å². The van der Waals surface area contributed by atoms with E-state index in [-0.39, 0.29) is 11.8 Å². The fourth-order valence-corrected chi connectivity index (χ4v) is 4.66. The highest BCUT2D eigenvalue weighted by Gasteiger charge is 2.24. The van der Waals surface area contributed by atoms with Gasteiger partial charge >= 0.3 is 0 Å². The van der Waals surface area contributed by atoms with Gasteiger partial charge < -0.3 is 19.5 Å². The van der Waals surface area contributed by atoms with Gasteiger partial charge in [0.1, 0.15) is 0 Å². The number of amides is 2. The first-order valence-corrected chi connectivity index (χ1v) is 11.4. The van der Waals surface area contributed by atoms with E-state index in [9.17, 15) is 9.59 Å². The number of ether oxygens (including phenoxy) is 1. The van der Waals surface area contributed by atoms with Crippen molar-refractivity contribution < 1.29 is 14.3 Å². The van der Waals surface area contributed by atoms with Crippen molar-refractivity contribution in [2.45, 2.75) is 19.3 Å². The number of nitrogens with one attached hydrogen (secondary N) is 1. The molecule has 0 bridgehead atoms. The number of hydrogen-bond donors (Lipinski definition) is 1. The normalized spacial score (nSPS) is 17.6. The lowest BCUT2D eigenvalue weighted by atomic mass is 9.89. The molecule has 0 radical (unpaired) electrons. The van der Waals surface area contributed by atoms with Crippen LogP contribution in [-0.2, 0) is 11.2 Å². The van der Waals surface area contributed by atoms with E-state index in [0.29, 0.717) is 37.8 Å². The number of benzene rings is 2. The molecule has 0 unspecified atom stereocenters. The number of hydrogen-bond acceptors (Lipinski definition) is 4. The number of imidazole rings is 1. The van der Waals surface area contributed by atoms with Crippen LogP contribution in [0.4, 0.5) is 0 Å². The molecule has 7 nitrogen and oxygen atoms in total. The van der Waals surface area contributed by atoms with E-state index in [0.717, 1.165) is 48.9 Å². The Kier molecular flexibility index (Phi) is 5.90. The maximum Gasteiger partial charge on any atom is 0.254 e. The second-order valence-corrected chi connectivity index (χ2v) is 8.68. The van der Waals surface area contributed by atoms with Crippen LogP contribution in [0.5, 0.6) is 0 Å². The highest BCUT2D eigenvalue weighted by Crippen LogP contribution is 2.24. The molecule has 2 fully saturated rings. The Morgan fingerprint density at radius 1 is 0.906 bits per heavy atom. The van der Waals surface area contributed by atoms with Gasteiger partial charge in [-0.05, 0) is 61.1 Å². The van der Waals surface area contributed by atoms with Crippen LogP contribution in [0.1, 0.15) is 39.1 Å². The van der Waals surface area contributed by atoms with Crippen LogP contribution in [-0.4, -0.2) is 71.0 Å². The number of aromatic amines is 1. The standard InChI is InChI=1S/C25H28N4O3/c30-24(29-11-13-32-14-12-29)20-3-1-18(2-4-20)15-19-7-9-28(10-8-19)25(31)21-5-6-22-23(16-21)27-17-26-22/h1-6,16-17,19H,7-15H2,(H,26,27). The summed E-state index contributed by atoms with van der Waals surface area (Å²) in [7, 11) is 0. The summed E-state index contributed by atoms with van der Waals surface area (Å²) in [5.74, 6) is 0.723. The number of piperidine rings is 1. The van der Waals surface area contributed by atoms with Crippen molar-refractivity contribution in [1.82, 2.24) is 19.8 Å². The van der Waals surface area contributed by atoms with Crippen LogP contribution in [0.25, 0.3) is 11.0 Å². The third-order valence-corrected chi connectivity index (χ3v) is 6.59. The first-order valence-electron chi connectivity index (χ1n) is 11.4. The molecule has 32 heavy (non-hydrogen) atoms. The molecular formula is C25H28N4O3. The maximum atomic E-state index is 12.9. The predicted molar refractivity (Wildman–Crippen MR) is 122 cm³/mol. The smallest absolute Gasteiger partial charge is 0.254 e. The van der Waals surface area contributed by atoms with Gasteiger partial charge in [0.25, 0.3) is 11.8 Å². The summed E-state index contributed by atoms with van der Waals surface area (Å²) >= 11 is 0. The predicted octanol–water partition coefficient (Wildman–Crippen LogP) is 3.13. The Bertz CT molecular complexity index is 1090. The zero-order valence-electron chi connectivity index (χ0n) is 18.1. The summed E-state index contributed by atoms with van der Waals surface area (Å²) in [6.45, 7) is 4.10. The Hall–Kier alpha value is -3.19. The number of fused-ring (bicyclic) bond motifs is 1. The van der Waals surface area contributed by atoms with Gasteiger partial charge in [-0.1, -0.05) is 12.1 Å². The van der Waals surface area contributed by atoms with Crippen molar-refractivity contribution in [3.63, 3.8) is 0 Å². The summed E-state index contributed by atoms with van der Waals surface area (Å²) in [5.41, 5.74) is 4.46. The van der Waals surface area contributed by atoms with E-state index in [1.807, 2.05) is 40.1 Å². The summed E-state index contributed by atoms with van der Waals surface area (Å²) in [4.78, 5) is 36.6. The molecule has 0 aliphatic carbocycles. The number of rotatable bonds is 4. The topological polar surface area (TPSA) is 78.5 Å². The molecule has 1 N–H and O–H groups in total. The van der Waals surface area contributed by atoms with Crippen molar-refractivity contribution in [2.75, 3.05) is 39.4 Å². The number of aromatic nitrogens is 2. The van der Waals surface area contributed by atoms with Crippen LogP contribution in [0.2, 0.25) is 0 Å². The van der Waals surface area contributed by atoms with Gasteiger partial charge in [0, 0.05) is 37.3 Å². The van der Waals surface area contributed by atoms with Crippen molar-refractivity contribution in [2.24, 2.45) is 5.92 Å². The zero-order chi connectivity index (χ0) is 21.9. The molecule has 2 amide bonds. The van der Waals surface area contributed by atoms with Crippen molar-refractivity contribution in [3.8, 4) is 0 Å².